The van der Waals surface area contributed by atoms with E-state index in [2.05, 4.69) is 37.1 Å². The lowest BCUT2D eigenvalue weighted by atomic mass is 9.87. The van der Waals surface area contributed by atoms with E-state index >= 15 is 0 Å². The van der Waals surface area contributed by atoms with Gasteiger partial charge in [-0.2, -0.15) is 0 Å². The highest BCUT2D eigenvalue weighted by Crippen LogP contribution is 2.26. The molecule has 1 saturated heterocycles. The maximum Gasteiger partial charge on any atom is 0.309 e. The van der Waals surface area contributed by atoms with Crippen LogP contribution in [0.1, 0.15) is 57.0 Å². The van der Waals surface area contributed by atoms with Gasteiger partial charge in [-0.3, -0.25) is 14.4 Å². The number of carboxylic acid groups (broad SMARTS) is 1. The minimum absolute atomic E-state index is 0.00346. The molecule has 2 aromatic carbocycles. The zero-order chi connectivity index (χ0) is 25.1. The van der Waals surface area contributed by atoms with Gasteiger partial charge in [-0.15, -0.1) is 0 Å². The molecule has 2 N–H and O–H groups in total. The fourth-order valence-corrected chi connectivity index (χ4v) is 3.87. The zero-order valence-corrected chi connectivity index (χ0v) is 20.7. The molecular weight excluding hydrogens is 430 g/mol. The molecule has 1 aliphatic heterocycles. The second-order valence-corrected chi connectivity index (χ2v) is 10.6. The minimum Gasteiger partial charge on any atom is -0.481 e. The Bertz CT molecular complexity index is 1050. The van der Waals surface area contributed by atoms with Crippen molar-refractivity contribution >= 4 is 29.2 Å². The molecule has 0 aromatic heterocycles. The zero-order valence-electron chi connectivity index (χ0n) is 20.7. The number of carboxylic acids is 1. The third-order valence-corrected chi connectivity index (χ3v) is 6.29. The number of carbonyl (C=O) groups excluding carboxylic acids is 2. The number of nitrogens with one attached hydrogen (secondary N) is 1. The second-order valence-electron chi connectivity index (χ2n) is 10.6. The molecule has 1 fully saturated rings. The molecule has 7 heteroatoms. The number of nitrogens with zero attached hydrogens (tertiary/aromatic N) is 2. The first-order chi connectivity index (χ1) is 15.9. The van der Waals surface area contributed by atoms with E-state index in [4.69, 9.17) is 0 Å². The standard InChI is InChI=1S/C27H35N3O4/c1-26(2,3)20-7-6-8-21(17-20)28-24(32)19-9-11-22(12-10-19)29-13-15-30(16-14-29)23(31)18-27(4,5)25(33)34/h6-12,17H,13-16,18H2,1-5H3,(H,28,32)(H,33,34). The first-order valence-electron chi connectivity index (χ1n) is 11.6. The van der Waals surface area contributed by atoms with Crippen molar-refractivity contribution in [2.45, 2.75) is 46.5 Å². The number of anilines is 2. The average Bonchev–Trinajstić information content (AvgIpc) is 2.78. The molecule has 34 heavy (non-hydrogen) atoms. The summed E-state index contributed by atoms with van der Waals surface area (Å²) in [7, 11) is 0. The lowest BCUT2D eigenvalue weighted by molar-refractivity contribution is -0.151. The van der Waals surface area contributed by atoms with Gasteiger partial charge >= 0.3 is 5.97 Å². The molecule has 0 radical (unpaired) electrons. The van der Waals surface area contributed by atoms with Crippen LogP contribution in [0, 0.1) is 5.41 Å². The van der Waals surface area contributed by atoms with Gasteiger partial charge in [0.1, 0.15) is 0 Å². The summed E-state index contributed by atoms with van der Waals surface area (Å²) in [6.07, 6.45) is -0.00912. The van der Waals surface area contributed by atoms with E-state index in [0.29, 0.717) is 31.7 Å². The molecule has 0 spiro atoms. The van der Waals surface area contributed by atoms with Gasteiger partial charge in [0, 0.05) is 49.5 Å². The summed E-state index contributed by atoms with van der Waals surface area (Å²) in [4.78, 5) is 40.4. The van der Waals surface area contributed by atoms with E-state index in [1.807, 2.05) is 42.5 Å². The third kappa shape index (κ3) is 6.16. The summed E-state index contributed by atoms with van der Waals surface area (Å²) in [5.41, 5.74) is 2.43. The van der Waals surface area contributed by atoms with Crippen molar-refractivity contribution < 1.29 is 19.5 Å². The third-order valence-electron chi connectivity index (χ3n) is 6.29. The quantitative estimate of drug-likeness (QED) is 0.661. The number of aliphatic carboxylic acids is 1. The van der Waals surface area contributed by atoms with Crippen LogP contribution in [0.25, 0.3) is 0 Å². The van der Waals surface area contributed by atoms with Crippen LogP contribution >= 0.6 is 0 Å². The molecule has 1 heterocycles. The number of hydrogen-bond donors (Lipinski definition) is 2. The molecule has 3 rings (SSSR count). The molecule has 0 atom stereocenters. The highest BCUT2D eigenvalue weighted by molar-refractivity contribution is 6.04. The van der Waals surface area contributed by atoms with E-state index in [1.165, 1.54) is 0 Å². The molecule has 1 aliphatic rings. The molecular formula is C27H35N3O4. The topological polar surface area (TPSA) is 90.0 Å². The Morgan fingerprint density at radius 2 is 1.53 bits per heavy atom. The monoisotopic (exact) mass is 465 g/mol. The average molecular weight is 466 g/mol. The molecule has 0 bridgehead atoms. The van der Waals surface area contributed by atoms with E-state index < -0.39 is 11.4 Å². The molecule has 2 aromatic rings. The number of amides is 2. The Morgan fingerprint density at radius 3 is 2.09 bits per heavy atom. The minimum atomic E-state index is -1.07. The van der Waals surface area contributed by atoms with Gasteiger partial charge in [-0.1, -0.05) is 32.9 Å². The van der Waals surface area contributed by atoms with Crippen molar-refractivity contribution in [3.8, 4) is 0 Å². The molecule has 0 aliphatic carbocycles. The van der Waals surface area contributed by atoms with Crippen LogP contribution in [0.3, 0.4) is 0 Å². The van der Waals surface area contributed by atoms with Gasteiger partial charge in [-0.05, 0) is 61.2 Å². The fraction of sp³-hybridized carbons (Fsp3) is 0.444. The normalized spacial score (nSPS) is 14.6. The predicted molar refractivity (Wildman–Crippen MR) is 134 cm³/mol. The highest BCUT2D eigenvalue weighted by atomic mass is 16.4. The van der Waals surface area contributed by atoms with E-state index in [1.54, 1.807) is 18.7 Å². The lowest BCUT2D eigenvalue weighted by Gasteiger charge is -2.37. The van der Waals surface area contributed by atoms with Gasteiger partial charge in [0.2, 0.25) is 5.91 Å². The molecule has 0 saturated carbocycles. The summed E-state index contributed by atoms with van der Waals surface area (Å²) >= 11 is 0. The molecule has 7 nitrogen and oxygen atoms in total. The molecule has 0 unspecified atom stereocenters. The van der Waals surface area contributed by atoms with Crippen LogP contribution in [-0.4, -0.2) is 54.0 Å². The summed E-state index contributed by atoms with van der Waals surface area (Å²) in [6, 6.07) is 15.4. The largest absolute Gasteiger partial charge is 0.481 e. The van der Waals surface area contributed by atoms with Crippen molar-refractivity contribution in [1.82, 2.24) is 4.90 Å². The predicted octanol–water partition coefficient (Wildman–Crippen LogP) is 4.39. The van der Waals surface area contributed by atoms with Crippen LogP contribution in [0.15, 0.2) is 48.5 Å². The van der Waals surface area contributed by atoms with Crippen LogP contribution in [0.4, 0.5) is 11.4 Å². The summed E-state index contributed by atoms with van der Waals surface area (Å²) in [6.45, 7) is 12.0. The van der Waals surface area contributed by atoms with Crippen molar-refractivity contribution in [3.05, 3.63) is 59.7 Å². The Balaban J connectivity index is 1.57. The summed E-state index contributed by atoms with van der Waals surface area (Å²) in [5.74, 6) is -1.26. The number of benzene rings is 2. The van der Waals surface area contributed by atoms with Crippen LogP contribution in [-0.2, 0) is 15.0 Å². The summed E-state index contributed by atoms with van der Waals surface area (Å²) in [5, 5.41) is 12.2. The Labute approximate surface area is 201 Å². The smallest absolute Gasteiger partial charge is 0.309 e. The van der Waals surface area contributed by atoms with E-state index in [9.17, 15) is 19.5 Å². The Morgan fingerprint density at radius 1 is 0.912 bits per heavy atom. The Hall–Kier alpha value is -3.35. The molecule has 2 amide bonds. The Kier molecular flexibility index (Phi) is 7.34. The second kappa shape index (κ2) is 9.87. The fourth-order valence-electron chi connectivity index (χ4n) is 3.87. The number of hydrogen-bond acceptors (Lipinski definition) is 4. The van der Waals surface area contributed by atoms with Gasteiger partial charge in [0.05, 0.1) is 5.41 Å². The SMILES string of the molecule is CC(C)(CC(=O)N1CCN(c2ccc(C(=O)Nc3cccc(C(C)(C)C)c3)cc2)CC1)C(=O)O. The van der Waals surface area contributed by atoms with Crippen molar-refractivity contribution in [1.29, 1.82) is 0 Å². The number of carbonyl (C=O) groups is 3. The van der Waals surface area contributed by atoms with Crippen LogP contribution in [0.5, 0.6) is 0 Å². The first-order valence-corrected chi connectivity index (χ1v) is 11.6. The number of rotatable bonds is 6. The van der Waals surface area contributed by atoms with Crippen LogP contribution < -0.4 is 10.2 Å². The van der Waals surface area contributed by atoms with E-state index in [-0.39, 0.29) is 23.7 Å². The maximum atomic E-state index is 12.7. The van der Waals surface area contributed by atoms with Crippen molar-refractivity contribution in [3.63, 3.8) is 0 Å². The van der Waals surface area contributed by atoms with Gasteiger partial charge in [-0.25, -0.2) is 0 Å². The van der Waals surface area contributed by atoms with Crippen LogP contribution in [0.2, 0.25) is 0 Å². The number of piperazine rings is 1. The highest BCUT2D eigenvalue weighted by Gasteiger charge is 2.33. The van der Waals surface area contributed by atoms with E-state index in [0.717, 1.165) is 16.9 Å². The summed E-state index contributed by atoms with van der Waals surface area (Å²) < 4.78 is 0. The molecule has 182 valence electrons. The van der Waals surface area contributed by atoms with Crippen molar-refractivity contribution in [2.24, 2.45) is 5.41 Å². The van der Waals surface area contributed by atoms with Gasteiger partial charge in [0.15, 0.2) is 0 Å². The maximum absolute atomic E-state index is 12.7. The first kappa shape index (κ1) is 25.3. The lowest BCUT2D eigenvalue weighted by Crippen LogP contribution is -2.49. The van der Waals surface area contributed by atoms with Crippen molar-refractivity contribution in [2.75, 3.05) is 36.4 Å². The van der Waals surface area contributed by atoms with Gasteiger partial charge < -0.3 is 20.2 Å². The van der Waals surface area contributed by atoms with Gasteiger partial charge in [0.25, 0.3) is 5.91 Å².